The lowest BCUT2D eigenvalue weighted by Gasteiger charge is -2.44. The van der Waals surface area contributed by atoms with Gasteiger partial charge in [-0.3, -0.25) is 5.10 Å². The van der Waals surface area contributed by atoms with Crippen LogP contribution in [0.15, 0.2) is 12.5 Å². The van der Waals surface area contributed by atoms with Crippen molar-refractivity contribution in [3.63, 3.8) is 0 Å². The fraction of sp³-hybridized carbons (Fsp3) is 0.583. The van der Waals surface area contributed by atoms with Gasteiger partial charge < -0.3 is 10.2 Å². The molecule has 3 rings (SSSR count). The van der Waals surface area contributed by atoms with Crippen molar-refractivity contribution in [1.82, 2.24) is 25.1 Å². The normalized spacial score (nSPS) is 17.9. The summed E-state index contributed by atoms with van der Waals surface area (Å²) in [6.45, 7) is 1.02. The maximum Gasteiger partial charge on any atom is 0.160 e. The summed E-state index contributed by atoms with van der Waals surface area (Å²) in [4.78, 5) is 10.7. The van der Waals surface area contributed by atoms with Gasteiger partial charge in [0.1, 0.15) is 12.1 Å². The average Bonchev–Trinajstić information content (AvgIpc) is 2.74. The van der Waals surface area contributed by atoms with E-state index in [9.17, 15) is 0 Å². The number of nitrogens with one attached hydrogen (secondary N) is 2. The van der Waals surface area contributed by atoms with Crippen LogP contribution in [-0.2, 0) is 0 Å². The fourth-order valence-electron chi connectivity index (χ4n) is 2.65. The van der Waals surface area contributed by atoms with Crippen molar-refractivity contribution in [2.75, 3.05) is 26.0 Å². The minimum Gasteiger partial charge on any atom is -0.363 e. The molecule has 1 saturated carbocycles. The van der Waals surface area contributed by atoms with Crippen molar-refractivity contribution in [2.24, 2.45) is 0 Å². The third kappa shape index (κ3) is 1.92. The molecule has 0 aliphatic heterocycles. The van der Waals surface area contributed by atoms with Crippen molar-refractivity contribution < 1.29 is 0 Å². The summed E-state index contributed by atoms with van der Waals surface area (Å²) in [5, 5.41) is 11.5. The standard InChI is InChI=1S/C12H18N6/c1-18(2)7-12(4-3-5-12)16-10-9-6-15-17-11(9)14-8-13-10/h6,8H,3-5,7H2,1-2H3,(H2,13,14,15,16,17). The van der Waals surface area contributed by atoms with E-state index in [0.29, 0.717) is 0 Å². The van der Waals surface area contributed by atoms with Gasteiger partial charge in [0.15, 0.2) is 5.65 Å². The van der Waals surface area contributed by atoms with Crippen molar-refractivity contribution in [2.45, 2.75) is 24.8 Å². The molecule has 18 heavy (non-hydrogen) atoms. The van der Waals surface area contributed by atoms with E-state index < -0.39 is 0 Å². The Kier molecular flexibility index (Phi) is 2.66. The number of aromatic amines is 1. The second kappa shape index (κ2) is 4.20. The zero-order chi connectivity index (χ0) is 12.6. The van der Waals surface area contributed by atoms with Gasteiger partial charge in [0.2, 0.25) is 0 Å². The summed E-state index contributed by atoms with van der Waals surface area (Å²) in [5.74, 6) is 0.885. The Hall–Kier alpha value is -1.69. The lowest BCUT2D eigenvalue weighted by atomic mass is 9.76. The Morgan fingerprint density at radius 3 is 2.89 bits per heavy atom. The van der Waals surface area contributed by atoms with Crippen molar-refractivity contribution in [1.29, 1.82) is 0 Å². The monoisotopic (exact) mass is 246 g/mol. The summed E-state index contributed by atoms with van der Waals surface area (Å²) < 4.78 is 0. The number of hydrogen-bond donors (Lipinski definition) is 2. The first-order valence-electron chi connectivity index (χ1n) is 6.26. The number of hydrogen-bond acceptors (Lipinski definition) is 5. The Morgan fingerprint density at radius 2 is 2.22 bits per heavy atom. The Morgan fingerprint density at radius 1 is 1.39 bits per heavy atom. The summed E-state index contributed by atoms with van der Waals surface area (Å²) >= 11 is 0. The third-order valence-electron chi connectivity index (χ3n) is 3.56. The highest BCUT2D eigenvalue weighted by atomic mass is 15.2. The number of anilines is 1. The predicted octanol–water partition coefficient (Wildman–Crippen LogP) is 1.25. The second-order valence-corrected chi connectivity index (χ2v) is 5.35. The van der Waals surface area contributed by atoms with Crippen LogP contribution in [0.3, 0.4) is 0 Å². The van der Waals surface area contributed by atoms with E-state index in [4.69, 9.17) is 0 Å². The van der Waals surface area contributed by atoms with Crippen molar-refractivity contribution >= 4 is 16.9 Å². The van der Waals surface area contributed by atoms with Gasteiger partial charge in [0, 0.05) is 6.54 Å². The Balaban J connectivity index is 1.89. The maximum atomic E-state index is 4.35. The largest absolute Gasteiger partial charge is 0.363 e. The summed E-state index contributed by atoms with van der Waals surface area (Å²) in [6.07, 6.45) is 7.01. The highest BCUT2D eigenvalue weighted by Gasteiger charge is 2.38. The van der Waals surface area contributed by atoms with E-state index in [0.717, 1.165) is 23.4 Å². The van der Waals surface area contributed by atoms with Crippen LogP contribution in [-0.4, -0.2) is 51.2 Å². The molecule has 0 atom stereocenters. The first kappa shape index (κ1) is 11.4. The van der Waals surface area contributed by atoms with Gasteiger partial charge in [0.05, 0.1) is 17.1 Å². The van der Waals surface area contributed by atoms with Crippen molar-refractivity contribution in [3.05, 3.63) is 12.5 Å². The highest BCUT2D eigenvalue weighted by Crippen LogP contribution is 2.36. The van der Waals surface area contributed by atoms with Crippen LogP contribution in [0.2, 0.25) is 0 Å². The van der Waals surface area contributed by atoms with Crippen molar-refractivity contribution in [3.8, 4) is 0 Å². The quantitative estimate of drug-likeness (QED) is 0.849. The molecule has 6 nitrogen and oxygen atoms in total. The summed E-state index contributed by atoms with van der Waals surface area (Å²) in [7, 11) is 4.21. The minimum atomic E-state index is 0.155. The average molecular weight is 246 g/mol. The molecule has 0 spiro atoms. The number of nitrogens with zero attached hydrogens (tertiary/aromatic N) is 4. The zero-order valence-corrected chi connectivity index (χ0v) is 10.8. The first-order valence-corrected chi connectivity index (χ1v) is 6.26. The number of aromatic nitrogens is 4. The zero-order valence-electron chi connectivity index (χ0n) is 10.8. The summed E-state index contributed by atoms with van der Waals surface area (Å²) in [6, 6.07) is 0. The van der Waals surface area contributed by atoms with Gasteiger partial charge >= 0.3 is 0 Å². The smallest absolute Gasteiger partial charge is 0.160 e. The van der Waals surface area contributed by atoms with Crippen LogP contribution in [0.5, 0.6) is 0 Å². The fourth-order valence-corrected chi connectivity index (χ4v) is 2.65. The van der Waals surface area contributed by atoms with Gasteiger partial charge in [-0.1, -0.05) is 0 Å². The van der Waals surface area contributed by atoms with Crippen LogP contribution < -0.4 is 5.32 Å². The number of likely N-dealkylation sites (N-methyl/N-ethyl adjacent to an activating group) is 1. The molecule has 2 aromatic rings. The molecule has 96 valence electrons. The number of H-pyrrole nitrogens is 1. The molecular formula is C12H18N6. The molecule has 0 bridgehead atoms. The van der Waals surface area contributed by atoms with E-state index in [1.54, 1.807) is 12.5 Å². The molecule has 1 aliphatic carbocycles. The van der Waals surface area contributed by atoms with Gasteiger partial charge in [-0.2, -0.15) is 5.10 Å². The van der Waals surface area contributed by atoms with E-state index in [1.807, 2.05) is 0 Å². The second-order valence-electron chi connectivity index (χ2n) is 5.35. The molecule has 2 heterocycles. The Bertz CT molecular complexity index is 542. The molecule has 1 aliphatic rings. The number of rotatable bonds is 4. The van der Waals surface area contributed by atoms with Crippen LogP contribution in [0.1, 0.15) is 19.3 Å². The van der Waals surface area contributed by atoms with Crippen LogP contribution in [0.4, 0.5) is 5.82 Å². The number of fused-ring (bicyclic) bond motifs is 1. The van der Waals surface area contributed by atoms with Gasteiger partial charge in [0.25, 0.3) is 0 Å². The van der Waals surface area contributed by atoms with Crippen LogP contribution >= 0.6 is 0 Å². The van der Waals surface area contributed by atoms with E-state index in [2.05, 4.69) is 44.5 Å². The predicted molar refractivity (Wildman–Crippen MR) is 70.4 cm³/mol. The van der Waals surface area contributed by atoms with Gasteiger partial charge in [-0.25, -0.2) is 9.97 Å². The molecule has 0 aromatic carbocycles. The first-order chi connectivity index (χ1) is 8.69. The van der Waals surface area contributed by atoms with E-state index in [-0.39, 0.29) is 5.54 Å². The lowest BCUT2D eigenvalue weighted by Crippen LogP contribution is -2.52. The van der Waals surface area contributed by atoms with Gasteiger partial charge in [-0.15, -0.1) is 0 Å². The van der Waals surface area contributed by atoms with E-state index in [1.165, 1.54) is 19.3 Å². The topological polar surface area (TPSA) is 69.7 Å². The highest BCUT2D eigenvalue weighted by molar-refractivity contribution is 5.85. The van der Waals surface area contributed by atoms with E-state index >= 15 is 0 Å². The molecule has 0 amide bonds. The maximum absolute atomic E-state index is 4.35. The van der Waals surface area contributed by atoms with Crippen LogP contribution in [0, 0.1) is 0 Å². The SMILES string of the molecule is CN(C)CC1(Nc2ncnc3[nH]ncc23)CCC1. The molecule has 0 unspecified atom stereocenters. The Labute approximate surface area is 106 Å². The molecule has 1 fully saturated rings. The third-order valence-corrected chi connectivity index (χ3v) is 3.56. The molecule has 2 N–H and O–H groups in total. The minimum absolute atomic E-state index is 0.155. The molecular weight excluding hydrogens is 228 g/mol. The molecule has 6 heteroatoms. The lowest BCUT2D eigenvalue weighted by molar-refractivity contribution is 0.205. The molecule has 0 saturated heterocycles. The summed E-state index contributed by atoms with van der Waals surface area (Å²) in [5.41, 5.74) is 0.939. The van der Waals surface area contributed by atoms with Gasteiger partial charge in [-0.05, 0) is 33.4 Å². The molecule has 2 aromatic heterocycles. The molecule has 0 radical (unpaired) electrons. The van der Waals surface area contributed by atoms with Crippen LogP contribution in [0.25, 0.3) is 11.0 Å².